The number of nitrogens with one attached hydrogen (secondary N) is 1. The fraction of sp³-hybridized carbons (Fsp3) is 0.611. The van der Waals surface area contributed by atoms with Crippen LogP contribution in [0.4, 0.5) is 0 Å². The van der Waals surface area contributed by atoms with Gasteiger partial charge in [-0.25, -0.2) is 0 Å². The fourth-order valence-electron chi connectivity index (χ4n) is 3.17. The minimum Gasteiger partial charge on any atom is -0.496 e. The van der Waals surface area contributed by atoms with E-state index in [9.17, 15) is 4.79 Å². The molecule has 1 aromatic carbocycles. The molecule has 0 unspecified atom stereocenters. The highest BCUT2D eigenvalue weighted by Gasteiger charge is 2.18. The van der Waals surface area contributed by atoms with E-state index in [0.717, 1.165) is 12.3 Å². The molecule has 1 saturated carbocycles. The summed E-state index contributed by atoms with van der Waals surface area (Å²) in [5.41, 5.74) is 0.466. The minimum absolute atomic E-state index is 0.140. The summed E-state index contributed by atoms with van der Waals surface area (Å²) in [6.07, 6.45) is 7.61. The summed E-state index contributed by atoms with van der Waals surface area (Å²) >= 11 is 0. The van der Waals surface area contributed by atoms with Crippen LogP contribution in [0.3, 0.4) is 0 Å². The monoisotopic (exact) mass is 321 g/mol. The number of amides is 1. The van der Waals surface area contributed by atoms with Gasteiger partial charge in [0.1, 0.15) is 5.75 Å². The molecule has 0 aromatic heterocycles. The van der Waals surface area contributed by atoms with Gasteiger partial charge in [-0.2, -0.15) is 0 Å². The molecule has 1 aromatic rings. The highest BCUT2D eigenvalue weighted by molar-refractivity contribution is 5.97. The maximum absolute atomic E-state index is 12.4. The average molecular weight is 321 g/mol. The van der Waals surface area contributed by atoms with Gasteiger partial charge in [-0.3, -0.25) is 4.79 Å². The first-order valence-electron chi connectivity index (χ1n) is 8.27. The quantitative estimate of drug-likeness (QED) is 0.836. The summed E-state index contributed by atoms with van der Waals surface area (Å²) in [6.45, 7) is 0.695. The van der Waals surface area contributed by atoms with Crippen LogP contribution in [0.2, 0.25) is 0 Å². The Bertz CT molecular complexity index is 524. The summed E-state index contributed by atoms with van der Waals surface area (Å²) in [6, 6.07) is 3.34. The van der Waals surface area contributed by atoms with Gasteiger partial charge in [0.25, 0.3) is 5.91 Å². The lowest BCUT2D eigenvalue weighted by Crippen LogP contribution is -2.27. The van der Waals surface area contributed by atoms with Gasteiger partial charge in [0, 0.05) is 18.7 Å². The van der Waals surface area contributed by atoms with Crippen molar-refractivity contribution < 1.29 is 19.0 Å². The summed E-state index contributed by atoms with van der Waals surface area (Å²) in [5.74, 6) is 2.15. The zero-order valence-corrected chi connectivity index (χ0v) is 14.3. The van der Waals surface area contributed by atoms with Crippen LogP contribution in [0.5, 0.6) is 17.2 Å². The molecule has 1 amide bonds. The Morgan fingerprint density at radius 1 is 1.00 bits per heavy atom. The molecule has 5 nitrogen and oxygen atoms in total. The molecule has 0 bridgehead atoms. The molecule has 128 valence electrons. The number of ether oxygens (including phenoxy) is 3. The molecule has 1 fully saturated rings. The second-order valence-corrected chi connectivity index (χ2v) is 5.96. The summed E-state index contributed by atoms with van der Waals surface area (Å²) < 4.78 is 15.8. The van der Waals surface area contributed by atoms with Crippen molar-refractivity contribution >= 4 is 5.91 Å². The topological polar surface area (TPSA) is 56.8 Å². The normalized spacial score (nSPS) is 15.1. The van der Waals surface area contributed by atoms with E-state index in [2.05, 4.69) is 5.32 Å². The van der Waals surface area contributed by atoms with E-state index in [1.165, 1.54) is 32.1 Å². The SMILES string of the molecule is COc1cc(OC)c(C(=O)NCCC2CCCCC2)cc1OC. The van der Waals surface area contributed by atoms with Crippen molar-refractivity contribution in [2.75, 3.05) is 27.9 Å². The largest absolute Gasteiger partial charge is 0.496 e. The highest BCUT2D eigenvalue weighted by atomic mass is 16.5. The van der Waals surface area contributed by atoms with Crippen molar-refractivity contribution in [2.45, 2.75) is 38.5 Å². The molecule has 5 heteroatoms. The predicted octanol–water partition coefficient (Wildman–Crippen LogP) is 3.41. The van der Waals surface area contributed by atoms with Crippen LogP contribution in [0.1, 0.15) is 48.9 Å². The molecular formula is C18H27NO4. The zero-order chi connectivity index (χ0) is 16.7. The van der Waals surface area contributed by atoms with Gasteiger partial charge in [0.2, 0.25) is 0 Å². The van der Waals surface area contributed by atoms with E-state index in [1.807, 2.05) is 0 Å². The van der Waals surface area contributed by atoms with Crippen molar-refractivity contribution in [3.05, 3.63) is 17.7 Å². The van der Waals surface area contributed by atoms with Crippen LogP contribution >= 0.6 is 0 Å². The second-order valence-electron chi connectivity index (χ2n) is 5.96. The molecule has 0 heterocycles. The Morgan fingerprint density at radius 3 is 2.22 bits per heavy atom. The predicted molar refractivity (Wildman–Crippen MR) is 89.6 cm³/mol. The lowest BCUT2D eigenvalue weighted by Gasteiger charge is -2.21. The summed E-state index contributed by atoms with van der Waals surface area (Å²) in [7, 11) is 4.65. The molecule has 2 rings (SSSR count). The van der Waals surface area contributed by atoms with Crippen molar-refractivity contribution in [3.63, 3.8) is 0 Å². The van der Waals surface area contributed by atoms with Gasteiger partial charge in [-0.05, 0) is 12.3 Å². The van der Waals surface area contributed by atoms with E-state index in [0.29, 0.717) is 29.4 Å². The van der Waals surface area contributed by atoms with Crippen molar-refractivity contribution in [3.8, 4) is 17.2 Å². The first kappa shape index (κ1) is 17.4. The third-order valence-electron chi connectivity index (χ3n) is 4.51. The van der Waals surface area contributed by atoms with Gasteiger partial charge in [-0.1, -0.05) is 32.1 Å². The van der Waals surface area contributed by atoms with Gasteiger partial charge in [0.15, 0.2) is 11.5 Å². The van der Waals surface area contributed by atoms with Gasteiger partial charge in [0.05, 0.1) is 26.9 Å². The van der Waals surface area contributed by atoms with E-state index in [4.69, 9.17) is 14.2 Å². The Hall–Kier alpha value is -1.91. The van der Waals surface area contributed by atoms with Crippen molar-refractivity contribution in [1.29, 1.82) is 0 Å². The second kappa shape index (κ2) is 8.65. The standard InChI is InChI=1S/C18H27NO4/c1-21-15-12-17(23-3)16(22-2)11-14(15)18(20)19-10-9-13-7-5-4-6-8-13/h11-13H,4-10H2,1-3H3,(H,19,20). The van der Waals surface area contributed by atoms with Crippen molar-refractivity contribution in [1.82, 2.24) is 5.32 Å². The summed E-state index contributed by atoms with van der Waals surface area (Å²) in [4.78, 5) is 12.4. The molecule has 0 saturated heterocycles. The number of carbonyl (C=O) groups excluding carboxylic acids is 1. The van der Waals surface area contributed by atoms with Crippen LogP contribution in [0, 0.1) is 5.92 Å². The average Bonchev–Trinajstić information content (AvgIpc) is 2.61. The lowest BCUT2D eigenvalue weighted by molar-refractivity contribution is 0.0947. The number of carbonyl (C=O) groups is 1. The van der Waals surface area contributed by atoms with Gasteiger partial charge >= 0.3 is 0 Å². The van der Waals surface area contributed by atoms with Crippen LogP contribution < -0.4 is 19.5 Å². The lowest BCUT2D eigenvalue weighted by atomic mass is 9.87. The maximum Gasteiger partial charge on any atom is 0.255 e. The van der Waals surface area contributed by atoms with Crippen LogP contribution in [-0.4, -0.2) is 33.8 Å². The third kappa shape index (κ3) is 4.53. The molecule has 0 atom stereocenters. The van der Waals surface area contributed by atoms with Crippen LogP contribution in [-0.2, 0) is 0 Å². The van der Waals surface area contributed by atoms with E-state index < -0.39 is 0 Å². The molecule has 1 aliphatic rings. The number of methoxy groups -OCH3 is 3. The number of benzene rings is 1. The Balaban J connectivity index is 1.99. The molecule has 23 heavy (non-hydrogen) atoms. The number of rotatable bonds is 7. The Kier molecular flexibility index (Phi) is 6.56. The smallest absolute Gasteiger partial charge is 0.255 e. The Labute approximate surface area is 138 Å². The zero-order valence-electron chi connectivity index (χ0n) is 14.3. The number of hydrogen-bond donors (Lipinski definition) is 1. The molecular weight excluding hydrogens is 294 g/mol. The Morgan fingerprint density at radius 2 is 1.61 bits per heavy atom. The first-order valence-corrected chi connectivity index (χ1v) is 8.27. The van der Waals surface area contributed by atoms with E-state index in [-0.39, 0.29) is 5.91 Å². The first-order chi connectivity index (χ1) is 11.2. The fourth-order valence-corrected chi connectivity index (χ4v) is 3.17. The van der Waals surface area contributed by atoms with Crippen LogP contribution in [0.25, 0.3) is 0 Å². The molecule has 0 aliphatic heterocycles. The molecule has 0 radical (unpaired) electrons. The van der Waals surface area contributed by atoms with E-state index >= 15 is 0 Å². The summed E-state index contributed by atoms with van der Waals surface area (Å²) in [5, 5.41) is 2.99. The van der Waals surface area contributed by atoms with E-state index in [1.54, 1.807) is 33.5 Å². The molecule has 1 aliphatic carbocycles. The van der Waals surface area contributed by atoms with Crippen molar-refractivity contribution in [2.24, 2.45) is 5.92 Å². The third-order valence-corrected chi connectivity index (χ3v) is 4.51. The number of hydrogen-bond acceptors (Lipinski definition) is 4. The molecule has 1 N–H and O–H groups in total. The highest BCUT2D eigenvalue weighted by Crippen LogP contribution is 2.34. The molecule has 0 spiro atoms. The minimum atomic E-state index is -0.140. The van der Waals surface area contributed by atoms with Gasteiger partial charge < -0.3 is 19.5 Å². The van der Waals surface area contributed by atoms with Gasteiger partial charge in [-0.15, -0.1) is 0 Å². The maximum atomic E-state index is 12.4. The van der Waals surface area contributed by atoms with Crippen LogP contribution in [0.15, 0.2) is 12.1 Å².